The molecule has 0 spiro atoms. The van der Waals surface area contributed by atoms with E-state index in [-0.39, 0.29) is 6.04 Å². The van der Waals surface area contributed by atoms with Crippen LogP contribution in [0.5, 0.6) is 0 Å². The maximum Gasteiger partial charge on any atom is 0.197 e. The van der Waals surface area contributed by atoms with Gasteiger partial charge in [0.2, 0.25) is 0 Å². The summed E-state index contributed by atoms with van der Waals surface area (Å²) < 4.78 is 17.6. The van der Waals surface area contributed by atoms with Crippen molar-refractivity contribution in [3.63, 3.8) is 0 Å². The molecule has 0 radical (unpaired) electrons. The van der Waals surface area contributed by atoms with E-state index in [1.165, 1.54) is 5.56 Å². The van der Waals surface area contributed by atoms with Crippen molar-refractivity contribution in [2.75, 3.05) is 12.4 Å². The highest BCUT2D eigenvalue weighted by molar-refractivity contribution is 7.85. The molecule has 18 heavy (non-hydrogen) atoms. The van der Waals surface area contributed by atoms with E-state index in [9.17, 15) is 4.21 Å². The molecule has 0 saturated carbocycles. The molecule has 2 rings (SSSR count). The number of nitrogens with zero attached hydrogens (tertiary/aromatic N) is 1. The number of rotatable bonds is 4. The molecule has 0 aromatic heterocycles. The van der Waals surface area contributed by atoms with E-state index < -0.39 is 10.8 Å². The Balaban J connectivity index is 2.00. The van der Waals surface area contributed by atoms with Crippen LogP contribution < -0.4 is 0 Å². The Labute approximate surface area is 111 Å². The molecule has 0 amide bonds. The molecule has 3 nitrogen and oxygen atoms in total. The van der Waals surface area contributed by atoms with Crippen LogP contribution in [0.1, 0.15) is 19.4 Å². The van der Waals surface area contributed by atoms with E-state index in [0.717, 1.165) is 4.90 Å². The lowest BCUT2D eigenvalue weighted by molar-refractivity contribution is 0.290. The fraction of sp³-hybridized carbons (Fsp3) is 0.500. The quantitative estimate of drug-likeness (QED) is 0.839. The van der Waals surface area contributed by atoms with Gasteiger partial charge in [-0.05, 0) is 25.0 Å². The number of aliphatic imine (C=N–C) groups is 1. The Hall–Kier alpha value is -1.16. The molecule has 1 aliphatic rings. The van der Waals surface area contributed by atoms with Crippen molar-refractivity contribution in [2.24, 2.45) is 10.9 Å². The third-order valence-corrected chi connectivity index (χ3v) is 4.35. The zero-order valence-corrected chi connectivity index (χ0v) is 11.9. The number of hydrogen-bond donors (Lipinski definition) is 0. The fourth-order valence-electron chi connectivity index (χ4n) is 1.75. The second-order valence-electron chi connectivity index (χ2n) is 4.95. The lowest BCUT2D eigenvalue weighted by atomic mass is 10.1. The second-order valence-corrected chi connectivity index (χ2v) is 6.40. The van der Waals surface area contributed by atoms with E-state index in [2.05, 4.69) is 18.8 Å². The van der Waals surface area contributed by atoms with E-state index in [1.807, 2.05) is 31.2 Å². The van der Waals surface area contributed by atoms with Crippen molar-refractivity contribution in [1.29, 1.82) is 0 Å². The van der Waals surface area contributed by atoms with E-state index in [1.54, 1.807) is 0 Å². The lowest BCUT2D eigenvalue weighted by Gasteiger charge is -2.06. The maximum absolute atomic E-state index is 12.1. The van der Waals surface area contributed by atoms with Gasteiger partial charge >= 0.3 is 0 Å². The summed E-state index contributed by atoms with van der Waals surface area (Å²) in [7, 11) is -1.07. The molecule has 1 heterocycles. The first-order chi connectivity index (χ1) is 8.56. The molecule has 0 fully saturated rings. The minimum Gasteiger partial charge on any atom is -0.478 e. The van der Waals surface area contributed by atoms with Gasteiger partial charge in [0.25, 0.3) is 0 Å². The van der Waals surface area contributed by atoms with Gasteiger partial charge in [-0.1, -0.05) is 31.5 Å². The average Bonchev–Trinajstić information content (AvgIpc) is 2.78. The number of ether oxygens (including phenoxy) is 1. The Bertz CT molecular complexity index is 465. The summed E-state index contributed by atoms with van der Waals surface area (Å²) in [6, 6.07) is 7.97. The molecule has 2 atom stereocenters. The van der Waals surface area contributed by atoms with Crippen LogP contribution in [0.2, 0.25) is 0 Å². The normalized spacial score (nSPS) is 20.7. The summed E-state index contributed by atoms with van der Waals surface area (Å²) in [5.41, 5.74) is 1.17. The molecule has 98 valence electrons. The molecule has 0 aliphatic carbocycles. The van der Waals surface area contributed by atoms with E-state index >= 15 is 0 Å². The van der Waals surface area contributed by atoms with Crippen LogP contribution in [0.4, 0.5) is 0 Å². The van der Waals surface area contributed by atoms with Crippen molar-refractivity contribution >= 4 is 16.7 Å². The first-order valence-electron chi connectivity index (χ1n) is 6.21. The molecule has 0 saturated heterocycles. The van der Waals surface area contributed by atoms with Gasteiger partial charge in [0, 0.05) is 4.90 Å². The molecule has 1 aliphatic heterocycles. The van der Waals surface area contributed by atoms with Crippen LogP contribution in [-0.2, 0) is 15.5 Å². The summed E-state index contributed by atoms with van der Waals surface area (Å²) in [4.78, 5) is 5.31. The molecule has 0 bridgehead atoms. The van der Waals surface area contributed by atoms with Gasteiger partial charge in [-0.25, -0.2) is 4.99 Å². The van der Waals surface area contributed by atoms with Crippen LogP contribution in [0.15, 0.2) is 34.2 Å². The highest BCUT2D eigenvalue weighted by Gasteiger charge is 2.23. The molecule has 1 aromatic rings. The van der Waals surface area contributed by atoms with Crippen LogP contribution in [0, 0.1) is 12.8 Å². The van der Waals surface area contributed by atoms with Crippen LogP contribution in [-0.4, -0.2) is 28.5 Å². The molecular formula is C14H19NO2S. The summed E-state index contributed by atoms with van der Waals surface area (Å²) in [6.07, 6.45) is 0. The lowest BCUT2D eigenvalue weighted by Crippen LogP contribution is -2.13. The monoisotopic (exact) mass is 265 g/mol. The summed E-state index contributed by atoms with van der Waals surface area (Å²) in [5.74, 6) is 1.48. The second kappa shape index (κ2) is 5.65. The third-order valence-electron chi connectivity index (χ3n) is 3.04. The molecule has 0 unspecified atom stereocenters. The van der Waals surface area contributed by atoms with Crippen LogP contribution >= 0.6 is 0 Å². The smallest absolute Gasteiger partial charge is 0.197 e. The zero-order chi connectivity index (χ0) is 13.1. The predicted octanol–water partition coefficient (Wildman–Crippen LogP) is 2.56. The van der Waals surface area contributed by atoms with Crippen LogP contribution in [0.3, 0.4) is 0 Å². The molecule has 0 N–H and O–H groups in total. The van der Waals surface area contributed by atoms with Gasteiger partial charge in [0.1, 0.15) is 12.4 Å². The highest BCUT2D eigenvalue weighted by atomic mass is 32.2. The van der Waals surface area contributed by atoms with E-state index in [4.69, 9.17) is 4.74 Å². The van der Waals surface area contributed by atoms with Gasteiger partial charge in [-0.15, -0.1) is 0 Å². The van der Waals surface area contributed by atoms with Crippen molar-refractivity contribution in [3.05, 3.63) is 29.8 Å². The van der Waals surface area contributed by atoms with Gasteiger partial charge < -0.3 is 4.74 Å². The summed E-state index contributed by atoms with van der Waals surface area (Å²) in [5, 5.41) is 0. The average molecular weight is 265 g/mol. The maximum atomic E-state index is 12.1. The Morgan fingerprint density at radius 3 is 2.61 bits per heavy atom. The number of hydrogen-bond acceptors (Lipinski definition) is 3. The standard InChI is InChI=1S/C14H19NO2S/c1-10(2)13-8-17-14(15-13)9-18(16)12-6-4-11(3)5-7-12/h4-7,10,13H,8-9H2,1-3H3/t13-,18-/m1/s1. The highest BCUT2D eigenvalue weighted by Crippen LogP contribution is 2.16. The minimum absolute atomic E-state index is 0.218. The van der Waals surface area contributed by atoms with E-state index in [0.29, 0.717) is 24.2 Å². The largest absolute Gasteiger partial charge is 0.478 e. The number of aryl methyl sites for hydroxylation is 1. The first kappa shape index (κ1) is 13.3. The zero-order valence-electron chi connectivity index (χ0n) is 11.1. The molecular weight excluding hydrogens is 246 g/mol. The minimum atomic E-state index is -1.07. The van der Waals surface area contributed by atoms with Gasteiger partial charge in [0.05, 0.1) is 16.8 Å². The molecule has 1 aromatic carbocycles. The summed E-state index contributed by atoms with van der Waals surface area (Å²) >= 11 is 0. The SMILES string of the molecule is Cc1ccc([S@](=O)CC2=N[C@@H](C(C)C)CO2)cc1. The van der Waals surface area contributed by atoms with Crippen LogP contribution in [0.25, 0.3) is 0 Å². The fourth-order valence-corrected chi connectivity index (χ4v) is 2.74. The van der Waals surface area contributed by atoms with Crippen molar-refractivity contribution in [1.82, 2.24) is 0 Å². The van der Waals surface area contributed by atoms with Gasteiger partial charge in [0.15, 0.2) is 5.90 Å². The van der Waals surface area contributed by atoms with Gasteiger partial charge in [-0.2, -0.15) is 0 Å². The van der Waals surface area contributed by atoms with Gasteiger partial charge in [-0.3, -0.25) is 4.21 Å². The number of benzene rings is 1. The third kappa shape index (κ3) is 3.19. The summed E-state index contributed by atoms with van der Waals surface area (Å²) in [6.45, 7) is 6.89. The molecule has 4 heteroatoms. The topological polar surface area (TPSA) is 38.7 Å². The Kier molecular flexibility index (Phi) is 4.17. The van der Waals surface area contributed by atoms with Crippen molar-refractivity contribution in [3.8, 4) is 0 Å². The first-order valence-corrected chi connectivity index (χ1v) is 7.52. The Morgan fingerprint density at radius 1 is 1.39 bits per heavy atom. The predicted molar refractivity (Wildman–Crippen MR) is 74.5 cm³/mol. The van der Waals surface area contributed by atoms with Crippen molar-refractivity contribution < 1.29 is 8.95 Å². The van der Waals surface area contributed by atoms with Crippen molar-refractivity contribution in [2.45, 2.75) is 31.7 Å². The Morgan fingerprint density at radius 2 is 2.06 bits per heavy atom.